The van der Waals surface area contributed by atoms with Crippen LogP contribution in [0.5, 0.6) is 0 Å². The van der Waals surface area contributed by atoms with Gasteiger partial charge in [-0.1, -0.05) is 121 Å². The highest BCUT2D eigenvalue weighted by molar-refractivity contribution is 6.27. The van der Waals surface area contributed by atoms with Gasteiger partial charge < -0.3 is 4.42 Å². The molecule has 1 heteroatoms. The first-order valence-corrected chi connectivity index (χ1v) is 14.1. The molecule has 9 rings (SSSR count). The molecular formula is C40H24O. The van der Waals surface area contributed by atoms with Crippen LogP contribution in [0.1, 0.15) is 0 Å². The molecule has 0 radical (unpaired) electrons. The van der Waals surface area contributed by atoms with Crippen molar-refractivity contribution in [1.82, 2.24) is 0 Å². The van der Waals surface area contributed by atoms with E-state index in [4.69, 9.17) is 4.42 Å². The molecule has 1 heterocycles. The molecule has 9 aromatic rings. The summed E-state index contributed by atoms with van der Waals surface area (Å²) in [6.45, 7) is 0. The molecule has 0 unspecified atom stereocenters. The van der Waals surface area contributed by atoms with Crippen LogP contribution < -0.4 is 0 Å². The fourth-order valence-electron chi connectivity index (χ4n) is 6.76. The Kier molecular flexibility index (Phi) is 4.67. The fourth-order valence-corrected chi connectivity index (χ4v) is 6.76. The van der Waals surface area contributed by atoms with Crippen LogP contribution in [-0.2, 0) is 0 Å². The van der Waals surface area contributed by atoms with Crippen molar-refractivity contribution in [3.8, 4) is 22.3 Å². The van der Waals surface area contributed by atoms with Crippen molar-refractivity contribution < 1.29 is 4.42 Å². The Hall–Kier alpha value is -5.40. The Morgan fingerprint density at radius 3 is 1.83 bits per heavy atom. The Bertz CT molecular complexity index is 2460. The van der Waals surface area contributed by atoms with Crippen LogP contribution in [0.3, 0.4) is 0 Å². The summed E-state index contributed by atoms with van der Waals surface area (Å²) in [5.74, 6) is 0. The number of fused-ring (bicyclic) bond motifs is 8. The minimum atomic E-state index is 0.909. The molecule has 0 atom stereocenters. The zero-order valence-corrected chi connectivity index (χ0v) is 22.3. The fraction of sp³-hybridized carbons (Fsp3) is 0. The summed E-state index contributed by atoms with van der Waals surface area (Å²) in [6.07, 6.45) is 0. The smallest absolute Gasteiger partial charge is 0.136 e. The summed E-state index contributed by atoms with van der Waals surface area (Å²) in [5, 5.41) is 12.2. The molecule has 190 valence electrons. The summed E-state index contributed by atoms with van der Waals surface area (Å²) >= 11 is 0. The zero-order valence-electron chi connectivity index (χ0n) is 22.3. The average molecular weight is 521 g/mol. The van der Waals surface area contributed by atoms with Gasteiger partial charge in [0.05, 0.1) is 0 Å². The van der Waals surface area contributed by atoms with Crippen molar-refractivity contribution in [1.29, 1.82) is 0 Å². The highest BCUT2D eigenvalue weighted by atomic mass is 16.3. The van der Waals surface area contributed by atoms with Gasteiger partial charge in [0.2, 0.25) is 0 Å². The molecule has 0 amide bonds. The van der Waals surface area contributed by atoms with E-state index in [0.717, 1.165) is 21.9 Å². The lowest BCUT2D eigenvalue weighted by molar-refractivity contribution is 0.669. The van der Waals surface area contributed by atoms with Crippen molar-refractivity contribution in [3.63, 3.8) is 0 Å². The third kappa shape index (κ3) is 3.30. The van der Waals surface area contributed by atoms with Crippen molar-refractivity contribution in [2.45, 2.75) is 0 Å². The molecule has 0 bridgehead atoms. The Labute approximate surface area is 236 Å². The number of hydrogen-bond acceptors (Lipinski definition) is 1. The van der Waals surface area contributed by atoms with Gasteiger partial charge in [0.15, 0.2) is 0 Å². The van der Waals surface area contributed by atoms with Gasteiger partial charge in [-0.2, -0.15) is 0 Å². The van der Waals surface area contributed by atoms with Gasteiger partial charge in [-0.25, -0.2) is 0 Å². The standard InChI is InChI=1S/C40H24O/c1-2-10-25(11-3-1)32-20-21-36-39(35-22-27-13-4-5-14-28(27)24-37(35)41-36)40(32)38-31-17-9-7-15-29(31)23-34-30-16-8-6-12-26(30)18-19-33(34)38/h1-24H. The summed E-state index contributed by atoms with van der Waals surface area (Å²) in [4.78, 5) is 0. The largest absolute Gasteiger partial charge is 0.456 e. The van der Waals surface area contributed by atoms with E-state index in [1.807, 2.05) is 0 Å². The summed E-state index contributed by atoms with van der Waals surface area (Å²) in [5.41, 5.74) is 6.71. The summed E-state index contributed by atoms with van der Waals surface area (Å²) in [6, 6.07) is 52.6. The molecule has 0 aliphatic carbocycles. The topological polar surface area (TPSA) is 13.1 Å². The van der Waals surface area contributed by atoms with E-state index in [9.17, 15) is 0 Å². The lowest BCUT2D eigenvalue weighted by Gasteiger charge is -2.18. The maximum Gasteiger partial charge on any atom is 0.136 e. The van der Waals surface area contributed by atoms with E-state index < -0.39 is 0 Å². The maximum atomic E-state index is 6.61. The monoisotopic (exact) mass is 520 g/mol. The molecule has 0 saturated heterocycles. The quantitative estimate of drug-likeness (QED) is 0.163. The molecule has 1 aromatic heterocycles. The number of benzene rings is 8. The third-order valence-electron chi connectivity index (χ3n) is 8.61. The first-order chi connectivity index (χ1) is 20.3. The van der Waals surface area contributed by atoms with Gasteiger partial charge in [0.1, 0.15) is 11.2 Å². The van der Waals surface area contributed by atoms with E-state index in [0.29, 0.717) is 0 Å². The number of rotatable bonds is 2. The Balaban J connectivity index is 1.55. The highest BCUT2D eigenvalue weighted by Gasteiger charge is 2.22. The molecule has 0 fully saturated rings. The van der Waals surface area contributed by atoms with Crippen LogP contribution in [-0.4, -0.2) is 0 Å². The maximum absolute atomic E-state index is 6.61. The van der Waals surface area contributed by atoms with Gasteiger partial charge in [-0.3, -0.25) is 0 Å². The second-order valence-corrected chi connectivity index (χ2v) is 10.9. The van der Waals surface area contributed by atoms with Crippen molar-refractivity contribution >= 4 is 65.0 Å². The lowest BCUT2D eigenvalue weighted by atomic mass is 9.84. The minimum Gasteiger partial charge on any atom is -0.456 e. The van der Waals surface area contributed by atoms with Gasteiger partial charge in [-0.05, 0) is 84.0 Å². The number of hydrogen-bond donors (Lipinski definition) is 0. The van der Waals surface area contributed by atoms with Crippen LogP contribution >= 0.6 is 0 Å². The molecule has 41 heavy (non-hydrogen) atoms. The van der Waals surface area contributed by atoms with E-state index >= 15 is 0 Å². The molecule has 0 N–H and O–H groups in total. The Morgan fingerprint density at radius 2 is 1.00 bits per heavy atom. The Morgan fingerprint density at radius 1 is 0.341 bits per heavy atom. The van der Waals surface area contributed by atoms with E-state index in [1.54, 1.807) is 0 Å². The molecule has 8 aromatic carbocycles. The summed E-state index contributed by atoms with van der Waals surface area (Å²) < 4.78 is 6.61. The molecular weight excluding hydrogens is 496 g/mol. The molecule has 1 nitrogen and oxygen atoms in total. The van der Waals surface area contributed by atoms with Crippen molar-refractivity contribution in [2.24, 2.45) is 0 Å². The number of furan rings is 1. The second-order valence-electron chi connectivity index (χ2n) is 10.9. The van der Waals surface area contributed by atoms with Gasteiger partial charge >= 0.3 is 0 Å². The molecule has 0 saturated carbocycles. The van der Waals surface area contributed by atoms with Crippen LogP contribution in [0.4, 0.5) is 0 Å². The second kappa shape index (κ2) is 8.55. The van der Waals surface area contributed by atoms with Gasteiger partial charge in [0.25, 0.3) is 0 Å². The van der Waals surface area contributed by atoms with Crippen molar-refractivity contribution in [2.75, 3.05) is 0 Å². The van der Waals surface area contributed by atoms with Crippen molar-refractivity contribution in [3.05, 3.63) is 146 Å². The van der Waals surface area contributed by atoms with E-state index in [2.05, 4.69) is 146 Å². The van der Waals surface area contributed by atoms with Crippen LogP contribution in [0.2, 0.25) is 0 Å². The predicted octanol–water partition coefficient (Wildman–Crippen LogP) is 11.5. The molecule has 0 spiro atoms. The predicted molar refractivity (Wildman–Crippen MR) is 175 cm³/mol. The van der Waals surface area contributed by atoms with Gasteiger partial charge in [0, 0.05) is 16.3 Å². The summed E-state index contributed by atoms with van der Waals surface area (Å²) in [7, 11) is 0. The first-order valence-electron chi connectivity index (χ1n) is 14.1. The van der Waals surface area contributed by atoms with Crippen LogP contribution in [0.25, 0.3) is 87.3 Å². The average Bonchev–Trinajstić information content (AvgIpc) is 3.40. The SMILES string of the molecule is c1ccc(-c2ccc3oc4cc5ccccc5cc4c3c2-c2c3ccccc3cc3c2ccc2ccccc23)cc1. The molecule has 0 aliphatic rings. The third-order valence-corrected chi connectivity index (χ3v) is 8.61. The van der Waals surface area contributed by atoms with Crippen LogP contribution in [0.15, 0.2) is 150 Å². The normalized spacial score (nSPS) is 11.9. The van der Waals surface area contributed by atoms with Gasteiger partial charge in [-0.15, -0.1) is 0 Å². The highest BCUT2D eigenvalue weighted by Crippen LogP contribution is 2.48. The van der Waals surface area contributed by atoms with E-state index in [1.165, 1.54) is 65.3 Å². The van der Waals surface area contributed by atoms with Crippen LogP contribution in [0, 0.1) is 0 Å². The van der Waals surface area contributed by atoms with E-state index in [-0.39, 0.29) is 0 Å². The zero-order chi connectivity index (χ0) is 26.9. The minimum absolute atomic E-state index is 0.909. The first kappa shape index (κ1) is 22.4. The lowest BCUT2D eigenvalue weighted by Crippen LogP contribution is -1.91. The molecule has 0 aliphatic heterocycles.